The lowest BCUT2D eigenvalue weighted by molar-refractivity contribution is 0.391. The lowest BCUT2D eigenvalue weighted by Gasteiger charge is -1.94. The highest BCUT2D eigenvalue weighted by Crippen LogP contribution is 2.01. The topological polar surface area (TPSA) is 58.8 Å². The fraction of sp³-hybridized carbons (Fsp3) is 0.125. The van der Waals surface area contributed by atoms with Crippen molar-refractivity contribution in [3.05, 3.63) is 17.8 Å². The highest BCUT2D eigenvalue weighted by atomic mass is 16.5. The van der Waals surface area contributed by atoms with E-state index in [2.05, 4.69) is 22.0 Å². The van der Waals surface area contributed by atoms with Gasteiger partial charge in [0.15, 0.2) is 6.07 Å². The molecule has 0 amide bonds. The summed E-state index contributed by atoms with van der Waals surface area (Å²) in [6.45, 7) is 0. The van der Waals surface area contributed by atoms with Crippen LogP contribution in [0.25, 0.3) is 0 Å². The largest absolute Gasteiger partial charge is 0.480 e. The van der Waals surface area contributed by atoms with Gasteiger partial charge in [0.05, 0.1) is 7.11 Å². The number of hydrogen-bond donors (Lipinski definition) is 0. The van der Waals surface area contributed by atoms with Crippen molar-refractivity contribution in [1.29, 1.82) is 5.26 Å². The van der Waals surface area contributed by atoms with E-state index in [0.29, 0.717) is 11.6 Å². The molecule has 1 aromatic rings. The molecule has 0 saturated carbocycles. The van der Waals surface area contributed by atoms with Crippen molar-refractivity contribution < 1.29 is 4.74 Å². The molecule has 0 fully saturated rings. The summed E-state index contributed by atoms with van der Waals surface area (Å²) in [5.41, 5.74) is 0.456. The molecule has 1 aromatic heterocycles. The first-order valence-electron chi connectivity index (χ1n) is 3.14. The Morgan fingerprint density at radius 2 is 2.25 bits per heavy atom. The van der Waals surface area contributed by atoms with Crippen molar-refractivity contribution in [3.63, 3.8) is 0 Å². The molecule has 0 spiro atoms. The monoisotopic (exact) mass is 159 g/mol. The number of hydrogen-bond acceptors (Lipinski definition) is 4. The summed E-state index contributed by atoms with van der Waals surface area (Å²) in [5, 5.41) is 15.5. The molecule has 0 aliphatic rings. The standard InChI is InChI=1S/C8H5N3O/c1-12-8-5-4-7(10-11-8)3-2-6-9/h4-5H,1H3. The molecule has 4 heteroatoms. The van der Waals surface area contributed by atoms with Gasteiger partial charge in [-0.15, -0.1) is 10.2 Å². The second-order valence-electron chi connectivity index (χ2n) is 1.82. The van der Waals surface area contributed by atoms with E-state index in [-0.39, 0.29) is 0 Å². The fourth-order valence-corrected chi connectivity index (χ4v) is 0.588. The van der Waals surface area contributed by atoms with E-state index in [0.717, 1.165) is 0 Å². The van der Waals surface area contributed by atoms with E-state index in [9.17, 15) is 0 Å². The molecule has 1 heterocycles. The van der Waals surface area contributed by atoms with Crippen LogP contribution in [0.3, 0.4) is 0 Å². The van der Waals surface area contributed by atoms with E-state index in [1.807, 2.05) is 0 Å². The molecule has 0 bridgehead atoms. The molecule has 0 unspecified atom stereocenters. The van der Waals surface area contributed by atoms with Crippen LogP contribution in [-0.2, 0) is 0 Å². The van der Waals surface area contributed by atoms with Crippen LogP contribution in [0.5, 0.6) is 5.88 Å². The molecule has 12 heavy (non-hydrogen) atoms. The molecule has 0 saturated heterocycles. The van der Waals surface area contributed by atoms with E-state index in [4.69, 9.17) is 10.00 Å². The summed E-state index contributed by atoms with van der Waals surface area (Å²) in [6.07, 6.45) is 0. The first kappa shape index (κ1) is 8.03. The molecule has 0 aromatic carbocycles. The molecule has 0 N–H and O–H groups in total. The zero-order valence-corrected chi connectivity index (χ0v) is 6.40. The molecule has 0 radical (unpaired) electrons. The van der Waals surface area contributed by atoms with Gasteiger partial charge in [-0.05, 0) is 12.0 Å². The summed E-state index contributed by atoms with van der Waals surface area (Å²) in [5.74, 6) is 5.15. The van der Waals surface area contributed by atoms with Gasteiger partial charge in [0, 0.05) is 12.0 Å². The molecule has 0 atom stereocenters. The van der Waals surface area contributed by atoms with Crippen LogP contribution in [0, 0.1) is 23.2 Å². The fourth-order valence-electron chi connectivity index (χ4n) is 0.588. The number of nitriles is 1. The first-order chi connectivity index (χ1) is 5.86. The maximum atomic E-state index is 8.13. The van der Waals surface area contributed by atoms with Gasteiger partial charge in [-0.3, -0.25) is 0 Å². The second kappa shape index (κ2) is 3.95. The van der Waals surface area contributed by atoms with Gasteiger partial charge in [-0.1, -0.05) is 0 Å². The Morgan fingerprint density at radius 1 is 1.42 bits per heavy atom. The third-order valence-electron chi connectivity index (χ3n) is 1.10. The average Bonchev–Trinajstić information content (AvgIpc) is 2.15. The predicted octanol–water partition coefficient (Wildman–Crippen LogP) is 0.360. The minimum Gasteiger partial charge on any atom is -0.480 e. The van der Waals surface area contributed by atoms with Crippen LogP contribution < -0.4 is 4.74 Å². The van der Waals surface area contributed by atoms with Gasteiger partial charge in [0.2, 0.25) is 5.88 Å². The maximum absolute atomic E-state index is 8.13. The van der Waals surface area contributed by atoms with Crippen molar-refractivity contribution in [3.8, 4) is 23.8 Å². The Morgan fingerprint density at radius 3 is 2.75 bits per heavy atom. The highest BCUT2D eigenvalue weighted by Gasteiger charge is 1.92. The van der Waals surface area contributed by atoms with E-state index in [1.54, 1.807) is 18.2 Å². The Bertz CT molecular complexity index is 353. The van der Waals surface area contributed by atoms with Crippen LogP contribution in [0.2, 0.25) is 0 Å². The third kappa shape index (κ3) is 1.96. The second-order valence-corrected chi connectivity index (χ2v) is 1.82. The van der Waals surface area contributed by atoms with Crippen molar-refractivity contribution >= 4 is 0 Å². The van der Waals surface area contributed by atoms with Crippen molar-refractivity contribution in [2.45, 2.75) is 0 Å². The van der Waals surface area contributed by atoms with Crippen LogP contribution in [0.1, 0.15) is 5.69 Å². The van der Waals surface area contributed by atoms with Crippen molar-refractivity contribution in [2.24, 2.45) is 0 Å². The Kier molecular flexibility index (Phi) is 2.64. The van der Waals surface area contributed by atoms with Crippen LogP contribution in [-0.4, -0.2) is 17.3 Å². The zero-order chi connectivity index (χ0) is 8.81. The van der Waals surface area contributed by atoms with Gasteiger partial charge in [-0.2, -0.15) is 5.26 Å². The smallest absolute Gasteiger partial charge is 0.233 e. The lowest BCUT2D eigenvalue weighted by atomic mass is 10.4. The minimum absolute atomic E-state index is 0.428. The Hall–Kier alpha value is -2.07. The summed E-state index contributed by atoms with van der Waals surface area (Å²) in [4.78, 5) is 0. The molecular weight excluding hydrogens is 154 g/mol. The summed E-state index contributed by atoms with van der Waals surface area (Å²) < 4.78 is 4.79. The molecule has 0 aliphatic carbocycles. The molecule has 1 rings (SSSR count). The van der Waals surface area contributed by atoms with E-state index >= 15 is 0 Å². The van der Waals surface area contributed by atoms with Crippen molar-refractivity contribution in [1.82, 2.24) is 10.2 Å². The average molecular weight is 159 g/mol. The normalized spacial score (nSPS) is 7.67. The van der Waals surface area contributed by atoms with Crippen LogP contribution in [0.15, 0.2) is 12.1 Å². The maximum Gasteiger partial charge on any atom is 0.233 e. The molecule has 0 aliphatic heterocycles. The van der Waals surface area contributed by atoms with Gasteiger partial charge < -0.3 is 4.74 Å². The number of methoxy groups -OCH3 is 1. The lowest BCUT2D eigenvalue weighted by Crippen LogP contribution is -1.91. The molecule has 58 valence electrons. The SMILES string of the molecule is COc1ccc(C#CC#N)nn1. The van der Waals surface area contributed by atoms with Crippen LogP contribution >= 0.6 is 0 Å². The minimum atomic E-state index is 0.428. The van der Waals surface area contributed by atoms with Gasteiger partial charge >= 0.3 is 0 Å². The highest BCUT2D eigenvalue weighted by molar-refractivity contribution is 5.32. The van der Waals surface area contributed by atoms with E-state index in [1.165, 1.54) is 7.11 Å². The number of aromatic nitrogens is 2. The van der Waals surface area contributed by atoms with Crippen molar-refractivity contribution in [2.75, 3.05) is 7.11 Å². The summed E-state index contributed by atoms with van der Waals surface area (Å²) in [7, 11) is 1.50. The van der Waals surface area contributed by atoms with Gasteiger partial charge in [0.25, 0.3) is 0 Å². The summed E-state index contributed by atoms with van der Waals surface area (Å²) >= 11 is 0. The first-order valence-corrected chi connectivity index (χ1v) is 3.14. The third-order valence-corrected chi connectivity index (χ3v) is 1.10. The van der Waals surface area contributed by atoms with E-state index < -0.39 is 0 Å². The number of nitrogens with zero attached hydrogens (tertiary/aromatic N) is 3. The van der Waals surface area contributed by atoms with Crippen LogP contribution in [0.4, 0.5) is 0 Å². The quantitative estimate of drug-likeness (QED) is 0.555. The molecule has 4 nitrogen and oxygen atoms in total. The Balaban J connectivity index is 2.87. The number of rotatable bonds is 1. The van der Waals surface area contributed by atoms with Gasteiger partial charge in [0.1, 0.15) is 5.69 Å². The van der Waals surface area contributed by atoms with Gasteiger partial charge in [-0.25, -0.2) is 0 Å². The zero-order valence-electron chi connectivity index (χ0n) is 6.40. The predicted molar refractivity (Wildman–Crippen MR) is 41.1 cm³/mol. The summed E-state index contributed by atoms with van der Waals surface area (Å²) in [6, 6.07) is 4.95. The molecular formula is C8H5N3O. The Labute approximate surface area is 69.8 Å². The number of ether oxygens (including phenoxy) is 1.